The third kappa shape index (κ3) is 5.39. The van der Waals surface area contributed by atoms with E-state index in [0.29, 0.717) is 46.6 Å². The number of thiazole rings is 1. The lowest BCUT2D eigenvalue weighted by atomic mass is 10.2. The molecule has 0 unspecified atom stereocenters. The van der Waals surface area contributed by atoms with Crippen LogP contribution in [0.25, 0.3) is 22.4 Å². The molecule has 0 atom stereocenters. The molecule has 178 valence electrons. The lowest BCUT2D eigenvalue weighted by molar-refractivity contribution is 0.277. The number of hydrogen-bond donors (Lipinski definition) is 0. The number of fused-ring (bicyclic) bond motifs is 1. The van der Waals surface area contributed by atoms with Crippen LogP contribution in [0, 0.1) is 0 Å². The van der Waals surface area contributed by atoms with Gasteiger partial charge in [0.2, 0.25) is 4.96 Å². The van der Waals surface area contributed by atoms with E-state index in [1.165, 1.54) is 15.9 Å². The number of aromatic nitrogens is 3. The topological polar surface area (TPSA) is 75.0 Å². The lowest BCUT2D eigenvalue weighted by Crippen LogP contribution is -2.23. The van der Waals surface area contributed by atoms with Crippen molar-refractivity contribution in [2.45, 2.75) is 40.0 Å². The zero-order chi connectivity index (χ0) is 23.9. The molecule has 34 heavy (non-hydrogen) atoms. The van der Waals surface area contributed by atoms with Crippen molar-refractivity contribution in [1.82, 2.24) is 14.6 Å². The van der Waals surface area contributed by atoms with Crippen molar-refractivity contribution in [3.8, 4) is 28.6 Å². The van der Waals surface area contributed by atoms with Gasteiger partial charge in [-0.2, -0.15) is 9.50 Å². The minimum Gasteiger partial charge on any atom is -0.494 e. The predicted molar refractivity (Wildman–Crippen MR) is 135 cm³/mol. The van der Waals surface area contributed by atoms with Gasteiger partial charge in [0.05, 0.1) is 24.4 Å². The molecule has 8 heteroatoms. The Hall–Kier alpha value is -3.39. The van der Waals surface area contributed by atoms with E-state index in [1.807, 2.05) is 55.5 Å². The van der Waals surface area contributed by atoms with Gasteiger partial charge in [0, 0.05) is 5.56 Å². The predicted octanol–water partition coefficient (Wildman–Crippen LogP) is 4.73. The third-order valence-corrected chi connectivity index (χ3v) is 6.05. The molecule has 0 saturated carbocycles. The summed E-state index contributed by atoms with van der Waals surface area (Å²) >= 11 is 1.31. The van der Waals surface area contributed by atoms with Crippen LogP contribution in [0.2, 0.25) is 0 Å². The summed E-state index contributed by atoms with van der Waals surface area (Å²) in [6.07, 6.45) is 4.87. The molecule has 0 saturated heterocycles. The summed E-state index contributed by atoms with van der Waals surface area (Å²) in [7, 11) is 0. The molecule has 4 rings (SSSR count). The van der Waals surface area contributed by atoms with Gasteiger partial charge in [-0.05, 0) is 67.8 Å². The maximum Gasteiger partial charge on any atom is 0.291 e. The van der Waals surface area contributed by atoms with E-state index in [4.69, 9.17) is 14.2 Å². The number of hydrogen-bond acceptors (Lipinski definition) is 7. The van der Waals surface area contributed by atoms with E-state index < -0.39 is 0 Å². The second kappa shape index (κ2) is 11.2. The van der Waals surface area contributed by atoms with E-state index >= 15 is 0 Å². The van der Waals surface area contributed by atoms with E-state index in [-0.39, 0.29) is 5.56 Å². The number of unbranched alkanes of at least 4 members (excludes halogenated alkanes) is 1. The highest BCUT2D eigenvalue weighted by atomic mass is 32.1. The van der Waals surface area contributed by atoms with Crippen molar-refractivity contribution < 1.29 is 14.2 Å². The quantitative estimate of drug-likeness (QED) is 0.290. The van der Waals surface area contributed by atoms with Crippen molar-refractivity contribution in [3.63, 3.8) is 0 Å². The molecule has 7 nitrogen and oxygen atoms in total. The van der Waals surface area contributed by atoms with Gasteiger partial charge in [0.1, 0.15) is 5.75 Å². The van der Waals surface area contributed by atoms with Crippen LogP contribution in [0.5, 0.6) is 17.2 Å². The van der Waals surface area contributed by atoms with Crippen molar-refractivity contribution >= 4 is 22.4 Å². The van der Waals surface area contributed by atoms with Gasteiger partial charge in [-0.15, -0.1) is 5.10 Å². The molecular weight excluding hydrogens is 450 g/mol. The second-order valence-corrected chi connectivity index (χ2v) is 8.77. The highest BCUT2D eigenvalue weighted by molar-refractivity contribution is 7.15. The smallest absolute Gasteiger partial charge is 0.291 e. The summed E-state index contributed by atoms with van der Waals surface area (Å²) in [6, 6.07) is 13.3. The molecule has 0 aliphatic carbocycles. The normalized spacial score (nSPS) is 11.8. The van der Waals surface area contributed by atoms with E-state index in [1.54, 1.807) is 0 Å². The first-order chi connectivity index (χ1) is 16.6. The zero-order valence-electron chi connectivity index (χ0n) is 19.7. The SMILES string of the molecule is CCCCOc1ccc(-c2nc3s/c(=C\c4ccc(OCCC)c(OCC)c4)c(=O)n3n2)cc1. The Morgan fingerprint density at radius 3 is 2.47 bits per heavy atom. The summed E-state index contributed by atoms with van der Waals surface area (Å²) in [5.41, 5.74) is 1.50. The van der Waals surface area contributed by atoms with Gasteiger partial charge < -0.3 is 14.2 Å². The standard InChI is InChI=1S/C26H29N3O4S/c1-4-7-15-32-20-11-9-19(10-12-20)24-27-26-29(28-24)25(30)23(34-26)17-18-8-13-21(33-14-5-2)22(16-18)31-6-3/h8-13,16-17H,4-7,14-15H2,1-3H3/b23-17-. The Morgan fingerprint density at radius 1 is 0.941 bits per heavy atom. The zero-order valence-corrected chi connectivity index (χ0v) is 20.6. The summed E-state index contributed by atoms with van der Waals surface area (Å²) in [5, 5.41) is 4.44. The van der Waals surface area contributed by atoms with Crippen LogP contribution in [0.3, 0.4) is 0 Å². The maximum atomic E-state index is 13.0. The van der Waals surface area contributed by atoms with Crippen molar-refractivity contribution in [1.29, 1.82) is 0 Å². The van der Waals surface area contributed by atoms with Crippen LogP contribution < -0.4 is 24.3 Å². The van der Waals surface area contributed by atoms with Crippen molar-refractivity contribution in [3.05, 3.63) is 62.9 Å². The molecule has 0 spiro atoms. The fraction of sp³-hybridized carbons (Fsp3) is 0.346. The molecule has 0 fully saturated rings. The molecule has 0 aliphatic rings. The molecule has 0 N–H and O–H groups in total. The minimum atomic E-state index is -0.192. The molecule has 2 aromatic heterocycles. The maximum absolute atomic E-state index is 13.0. The van der Waals surface area contributed by atoms with Gasteiger partial charge in [0.25, 0.3) is 5.56 Å². The number of nitrogens with zero attached hydrogens (tertiary/aromatic N) is 3. The second-order valence-electron chi connectivity index (χ2n) is 7.76. The Labute approximate surface area is 202 Å². The van der Waals surface area contributed by atoms with Gasteiger partial charge in [-0.3, -0.25) is 4.79 Å². The molecule has 0 radical (unpaired) electrons. The van der Waals surface area contributed by atoms with Crippen LogP contribution in [0.15, 0.2) is 47.3 Å². The lowest BCUT2D eigenvalue weighted by Gasteiger charge is -2.11. The van der Waals surface area contributed by atoms with Gasteiger partial charge in [-0.25, -0.2) is 0 Å². The average molecular weight is 480 g/mol. The fourth-order valence-corrected chi connectivity index (χ4v) is 4.26. The first kappa shape index (κ1) is 23.8. The van der Waals surface area contributed by atoms with Crippen molar-refractivity contribution in [2.24, 2.45) is 0 Å². The summed E-state index contributed by atoms with van der Waals surface area (Å²) in [6.45, 7) is 7.98. The summed E-state index contributed by atoms with van der Waals surface area (Å²) in [5.74, 6) is 2.71. The Morgan fingerprint density at radius 2 is 1.76 bits per heavy atom. The third-order valence-electron chi connectivity index (χ3n) is 5.09. The van der Waals surface area contributed by atoms with Crippen LogP contribution >= 0.6 is 11.3 Å². The first-order valence-corrected chi connectivity index (χ1v) is 12.5. The Kier molecular flexibility index (Phi) is 7.80. The largest absolute Gasteiger partial charge is 0.494 e. The van der Waals surface area contributed by atoms with Gasteiger partial charge >= 0.3 is 0 Å². The summed E-state index contributed by atoms with van der Waals surface area (Å²) in [4.78, 5) is 18.1. The Balaban J connectivity index is 1.59. The van der Waals surface area contributed by atoms with E-state index in [9.17, 15) is 4.79 Å². The van der Waals surface area contributed by atoms with Crippen LogP contribution in [-0.4, -0.2) is 34.4 Å². The molecule has 0 bridgehead atoms. The first-order valence-electron chi connectivity index (χ1n) is 11.7. The van der Waals surface area contributed by atoms with Crippen LogP contribution in [0.1, 0.15) is 45.6 Å². The molecule has 4 aromatic rings. The Bertz CT molecular complexity index is 1350. The average Bonchev–Trinajstić information content (AvgIpc) is 3.39. The fourth-order valence-electron chi connectivity index (χ4n) is 3.36. The molecule has 0 amide bonds. The number of ether oxygens (including phenoxy) is 3. The van der Waals surface area contributed by atoms with Crippen LogP contribution in [0.4, 0.5) is 0 Å². The molecule has 2 aromatic carbocycles. The monoisotopic (exact) mass is 479 g/mol. The van der Waals surface area contributed by atoms with Gasteiger partial charge in [0.15, 0.2) is 17.3 Å². The highest BCUT2D eigenvalue weighted by Crippen LogP contribution is 2.29. The summed E-state index contributed by atoms with van der Waals surface area (Å²) < 4.78 is 19.1. The minimum absolute atomic E-state index is 0.192. The van der Waals surface area contributed by atoms with Crippen LogP contribution in [-0.2, 0) is 0 Å². The van der Waals surface area contributed by atoms with E-state index in [0.717, 1.165) is 36.1 Å². The molecular formula is C26H29N3O4S. The van der Waals surface area contributed by atoms with Gasteiger partial charge in [-0.1, -0.05) is 37.7 Å². The molecule has 2 heterocycles. The molecule has 0 aliphatic heterocycles. The van der Waals surface area contributed by atoms with Crippen molar-refractivity contribution in [2.75, 3.05) is 19.8 Å². The number of rotatable bonds is 11. The highest BCUT2D eigenvalue weighted by Gasteiger charge is 2.13. The van der Waals surface area contributed by atoms with E-state index in [2.05, 4.69) is 23.9 Å². The number of benzene rings is 2.